The van der Waals surface area contributed by atoms with E-state index in [-0.39, 0.29) is 5.91 Å². The fourth-order valence-electron chi connectivity index (χ4n) is 1.42. The van der Waals surface area contributed by atoms with Crippen LogP contribution in [0.15, 0.2) is 0 Å². The van der Waals surface area contributed by atoms with Crippen LogP contribution in [0.3, 0.4) is 0 Å². The molecule has 0 spiro atoms. The molecule has 0 atom stereocenters. The molecule has 0 aliphatic carbocycles. The third-order valence-corrected chi connectivity index (χ3v) is 2.33. The highest BCUT2D eigenvalue weighted by atomic mass is 16.1. The summed E-state index contributed by atoms with van der Waals surface area (Å²) in [6, 6.07) is 0. The van der Waals surface area contributed by atoms with Gasteiger partial charge in [0.2, 0.25) is 5.91 Å². The SMILES string of the molecule is CC.CC.CC.CCCCCCCCC(=O)NCCC. The van der Waals surface area contributed by atoms with E-state index in [1.54, 1.807) is 0 Å². The van der Waals surface area contributed by atoms with Crippen molar-refractivity contribution in [1.29, 1.82) is 0 Å². The summed E-state index contributed by atoms with van der Waals surface area (Å²) in [6.07, 6.45) is 9.24. The monoisotopic (exact) mass is 289 g/mol. The van der Waals surface area contributed by atoms with Crippen molar-refractivity contribution in [3.8, 4) is 0 Å². The molecule has 2 nitrogen and oxygen atoms in total. The highest BCUT2D eigenvalue weighted by Gasteiger charge is 1.98. The van der Waals surface area contributed by atoms with E-state index in [4.69, 9.17) is 0 Å². The van der Waals surface area contributed by atoms with Crippen molar-refractivity contribution in [3.05, 3.63) is 0 Å². The molecule has 0 heterocycles. The number of amides is 1. The first-order chi connectivity index (χ1) is 9.81. The van der Waals surface area contributed by atoms with Gasteiger partial charge >= 0.3 is 0 Å². The van der Waals surface area contributed by atoms with Crippen molar-refractivity contribution in [3.63, 3.8) is 0 Å². The second-order valence-corrected chi connectivity index (χ2v) is 3.87. The van der Waals surface area contributed by atoms with Crippen LogP contribution in [0.1, 0.15) is 107 Å². The van der Waals surface area contributed by atoms with Crippen LogP contribution in [0.25, 0.3) is 0 Å². The Bertz CT molecular complexity index is 135. The third kappa shape index (κ3) is 36.0. The maximum absolute atomic E-state index is 11.2. The van der Waals surface area contributed by atoms with Gasteiger partial charge in [-0.05, 0) is 12.8 Å². The van der Waals surface area contributed by atoms with Gasteiger partial charge in [0.25, 0.3) is 0 Å². The molecule has 126 valence electrons. The van der Waals surface area contributed by atoms with Gasteiger partial charge < -0.3 is 5.32 Å². The summed E-state index contributed by atoms with van der Waals surface area (Å²) in [6.45, 7) is 17.1. The van der Waals surface area contributed by atoms with E-state index >= 15 is 0 Å². The molecular formula is C18H43NO. The van der Waals surface area contributed by atoms with Gasteiger partial charge in [0.15, 0.2) is 0 Å². The molecule has 0 aromatic rings. The van der Waals surface area contributed by atoms with Crippen molar-refractivity contribution in [2.75, 3.05) is 6.54 Å². The number of carbonyl (C=O) groups excluding carboxylic acids is 1. The Kier molecular flexibility index (Phi) is 50.3. The topological polar surface area (TPSA) is 29.1 Å². The van der Waals surface area contributed by atoms with E-state index in [2.05, 4.69) is 19.2 Å². The van der Waals surface area contributed by atoms with Gasteiger partial charge in [-0.3, -0.25) is 4.79 Å². The molecule has 1 amide bonds. The van der Waals surface area contributed by atoms with Crippen molar-refractivity contribution >= 4 is 5.91 Å². The molecule has 2 heteroatoms. The summed E-state index contributed by atoms with van der Waals surface area (Å²) in [5, 5.41) is 2.90. The summed E-state index contributed by atoms with van der Waals surface area (Å²) < 4.78 is 0. The van der Waals surface area contributed by atoms with Gasteiger partial charge in [0.05, 0.1) is 0 Å². The Balaban J connectivity index is -0.000000187. The smallest absolute Gasteiger partial charge is 0.219 e. The number of nitrogens with one attached hydrogen (secondary N) is 1. The van der Waals surface area contributed by atoms with E-state index in [9.17, 15) is 4.79 Å². The maximum Gasteiger partial charge on any atom is 0.219 e. The minimum absolute atomic E-state index is 0.224. The summed E-state index contributed by atoms with van der Waals surface area (Å²) in [5.74, 6) is 0.224. The van der Waals surface area contributed by atoms with Crippen molar-refractivity contribution in [2.45, 2.75) is 107 Å². The normalized spacial score (nSPS) is 8.00. The first-order valence-corrected chi connectivity index (χ1v) is 9.08. The Labute approximate surface area is 130 Å². The lowest BCUT2D eigenvalue weighted by Crippen LogP contribution is -2.23. The van der Waals surface area contributed by atoms with Crippen LogP contribution >= 0.6 is 0 Å². The quantitative estimate of drug-likeness (QED) is 0.493. The zero-order valence-electron chi connectivity index (χ0n) is 15.8. The number of hydrogen-bond acceptors (Lipinski definition) is 1. The van der Waals surface area contributed by atoms with E-state index in [0.717, 1.165) is 19.4 Å². The van der Waals surface area contributed by atoms with E-state index in [1.165, 1.54) is 32.1 Å². The lowest BCUT2D eigenvalue weighted by molar-refractivity contribution is -0.121. The Morgan fingerprint density at radius 1 is 0.700 bits per heavy atom. The van der Waals surface area contributed by atoms with Gasteiger partial charge in [0, 0.05) is 13.0 Å². The van der Waals surface area contributed by atoms with Crippen molar-refractivity contribution < 1.29 is 4.79 Å². The van der Waals surface area contributed by atoms with Crippen molar-refractivity contribution in [2.24, 2.45) is 0 Å². The molecule has 0 aliphatic rings. The number of rotatable bonds is 9. The molecule has 0 rings (SSSR count). The van der Waals surface area contributed by atoms with Gasteiger partial charge in [-0.1, -0.05) is 87.5 Å². The molecule has 0 saturated carbocycles. The molecule has 20 heavy (non-hydrogen) atoms. The van der Waals surface area contributed by atoms with Crippen molar-refractivity contribution in [1.82, 2.24) is 5.32 Å². The van der Waals surface area contributed by atoms with Gasteiger partial charge in [-0.2, -0.15) is 0 Å². The van der Waals surface area contributed by atoms with E-state index in [0.29, 0.717) is 6.42 Å². The molecule has 0 saturated heterocycles. The highest BCUT2D eigenvalue weighted by molar-refractivity contribution is 5.75. The summed E-state index contributed by atoms with van der Waals surface area (Å²) in [7, 11) is 0. The molecular weight excluding hydrogens is 246 g/mol. The minimum Gasteiger partial charge on any atom is -0.356 e. The zero-order valence-corrected chi connectivity index (χ0v) is 15.8. The first-order valence-electron chi connectivity index (χ1n) is 9.08. The van der Waals surface area contributed by atoms with Gasteiger partial charge in [0.1, 0.15) is 0 Å². The van der Waals surface area contributed by atoms with Crippen LogP contribution in [0.4, 0.5) is 0 Å². The number of carbonyl (C=O) groups is 1. The Morgan fingerprint density at radius 3 is 1.60 bits per heavy atom. The average Bonchev–Trinajstić information content (AvgIpc) is 2.54. The predicted molar refractivity (Wildman–Crippen MR) is 95.3 cm³/mol. The largest absolute Gasteiger partial charge is 0.356 e. The van der Waals surface area contributed by atoms with Crippen LogP contribution in [-0.2, 0) is 4.79 Å². The molecule has 0 unspecified atom stereocenters. The average molecular weight is 290 g/mol. The Hall–Kier alpha value is -0.530. The van der Waals surface area contributed by atoms with Crippen LogP contribution < -0.4 is 5.32 Å². The van der Waals surface area contributed by atoms with E-state index in [1.807, 2.05) is 41.5 Å². The zero-order chi connectivity index (χ0) is 16.6. The number of hydrogen-bond donors (Lipinski definition) is 1. The van der Waals surface area contributed by atoms with Crippen LogP contribution in [0.5, 0.6) is 0 Å². The molecule has 0 aliphatic heterocycles. The first kappa shape index (κ1) is 27.8. The van der Waals surface area contributed by atoms with E-state index < -0.39 is 0 Å². The minimum atomic E-state index is 0.224. The third-order valence-electron chi connectivity index (χ3n) is 2.33. The lowest BCUT2D eigenvalue weighted by Gasteiger charge is -2.03. The maximum atomic E-state index is 11.2. The molecule has 0 aromatic heterocycles. The second kappa shape index (κ2) is 36.3. The predicted octanol–water partition coefficient (Wildman–Crippen LogP) is 6.34. The molecule has 0 fully saturated rings. The Morgan fingerprint density at radius 2 is 1.15 bits per heavy atom. The molecule has 0 radical (unpaired) electrons. The standard InChI is InChI=1S/C12H25NO.3C2H6/c1-3-5-6-7-8-9-10-12(14)13-11-4-2;3*1-2/h3-11H2,1-2H3,(H,13,14);3*1-2H3. The van der Waals surface area contributed by atoms with Gasteiger partial charge in [-0.25, -0.2) is 0 Å². The lowest BCUT2D eigenvalue weighted by atomic mass is 10.1. The molecule has 1 N–H and O–H groups in total. The summed E-state index contributed by atoms with van der Waals surface area (Å²) in [5.41, 5.74) is 0. The second-order valence-electron chi connectivity index (χ2n) is 3.87. The fourth-order valence-corrected chi connectivity index (χ4v) is 1.42. The summed E-state index contributed by atoms with van der Waals surface area (Å²) >= 11 is 0. The van der Waals surface area contributed by atoms with Crippen LogP contribution in [-0.4, -0.2) is 12.5 Å². The van der Waals surface area contributed by atoms with Crippen LogP contribution in [0, 0.1) is 0 Å². The fraction of sp³-hybridized carbons (Fsp3) is 0.944. The van der Waals surface area contributed by atoms with Crippen LogP contribution in [0.2, 0.25) is 0 Å². The molecule has 0 aromatic carbocycles. The molecule has 0 bridgehead atoms. The highest BCUT2D eigenvalue weighted by Crippen LogP contribution is 2.06. The summed E-state index contributed by atoms with van der Waals surface area (Å²) in [4.78, 5) is 11.2. The van der Waals surface area contributed by atoms with Gasteiger partial charge in [-0.15, -0.1) is 0 Å². The number of unbranched alkanes of at least 4 members (excludes halogenated alkanes) is 5.